The number of nitrogens with one attached hydrogen (secondary N) is 1. The van der Waals surface area contributed by atoms with Crippen molar-refractivity contribution in [2.45, 2.75) is 51.7 Å². The van der Waals surface area contributed by atoms with E-state index in [0.29, 0.717) is 6.54 Å². The standard InChI is InChI=1S/C19H30N4O2/c1-19(2,3)25-18(24)23-11-9-20-13-16(23)8-10-22-14-21-12-15-6-4-5-7-17(15)22/h5,7,14,16,20H,4,6,8-13H2,1-3H3/t16-/m1/s1. The molecule has 3 rings (SSSR count). The number of rotatable bonds is 3. The van der Waals surface area contributed by atoms with Crippen LogP contribution in [0.25, 0.3) is 0 Å². The van der Waals surface area contributed by atoms with Gasteiger partial charge in [-0.1, -0.05) is 6.08 Å². The number of piperazine rings is 1. The lowest BCUT2D eigenvalue weighted by Crippen LogP contribution is -2.55. The lowest BCUT2D eigenvalue weighted by atomic mass is 10.00. The summed E-state index contributed by atoms with van der Waals surface area (Å²) in [6.07, 6.45) is 9.31. The van der Waals surface area contributed by atoms with Gasteiger partial charge in [0, 0.05) is 37.9 Å². The maximum Gasteiger partial charge on any atom is 0.410 e. The molecule has 25 heavy (non-hydrogen) atoms. The zero-order valence-electron chi connectivity index (χ0n) is 15.6. The van der Waals surface area contributed by atoms with Gasteiger partial charge >= 0.3 is 6.09 Å². The molecular formula is C19H30N4O2. The minimum absolute atomic E-state index is 0.149. The summed E-state index contributed by atoms with van der Waals surface area (Å²) in [5.74, 6) is 0. The first kappa shape index (κ1) is 18.0. The Balaban J connectivity index is 1.61. The first-order valence-electron chi connectivity index (χ1n) is 9.29. The lowest BCUT2D eigenvalue weighted by molar-refractivity contribution is 0.0109. The number of nitrogens with zero attached hydrogens (tertiary/aromatic N) is 3. The molecule has 2 aliphatic heterocycles. The van der Waals surface area contributed by atoms with E-state index in [4.69, 9.17) is 4.74 Å². The smallest absolute Gasteiger partial charge is 0.410 e. The molecule has 2 heterocycles. The fraction of sp³-hybridized carbons (Fsp3) is 0.684. The fourth-order valence-corrected chi connectivity index (χ4v) is 3.52. The molecule has 0 saturated carbocycles. The summed E-state index contributed by atoms with van der Waals surface area (Å²) >= 11 is 0. The van der Waals surface area contributed by atoms with Crippen LogP contribution in [-0.4, -0.2) is 66.6 Å². The van der Waals surface area contributed by atoms with Crippen LogP contribution in [0.5, 0.6) is 0 Å². The summed E-state index contributed by atoms with van der Waals surface area (Å²) in [6, 6.07) is 0.149. The molecule has 1 fully saturated rings. The Morgan fingerprint density at radius 1 is 1.44 bits per heavy atom. The highest BCUT2D eigenvalue weighted by Gasteiger charge is 2.30. The predicted molar refractivity (Wildman–Crippen MR) is 99.7 cm³/mol. The summed E-state index contributed by atoms with van der Waals surface area (Å²) in [5.41, 5.74) is 2.27. The Kier molecular flexibility index (Phi) is 5.47. The highest BCUT2D eigenvalue weighted by Crippen LogP contribution is 2.25. The number of hydrogen-bond donors (Lipinski definition) is 1. The molecule has 0 radical (unpaired) electrons. The molecule has 138 valence electrons. The van der Waals surface area contributed by atoms with Crippen LogP contribution in [0, 0.1) is 0 Å². The monoisotopic (exact) mass is 346 g/mol. The van der Waals surface area contributed by atoms with Gasteiger partial charge in [-0.25, -0.2) is 4.79 Å². The predicted octanol–water partition coefficient (Wildman–Crippen LogP) is 2.53. The van der Waals surface area contributed by atoms with Gasteiger partial charge in [0.25, 0.3) is 0 Å². The SMILES string of the molecule is CC(C)(C)OC(=O)N1CCNC[C@H]1CCN1C=NCC2=C1C=CCC2. The fourth-order valence-electron chi connectivity index (χ4n) is 3.52. The molecule has 0 spiro atoms. The van der Waals surface area contributed by atoms with Crippen LogP contribution in [0.2, 0.25) is 0 Å². The minimum Gasteiger partial charge on any atom is -0.444 e. The number of aliphatic imine (C=N–C) groups is 1. The van der Waals surface area contributed by atoms with E-state index in [0.717, 1.165) is 45.4 Å². The van der Waals surface area contributed by atoms with Gasteiger partial charge in [0.2, 0.25) is 0 Å². The maximum absolute atomic E-state index is 12.5. The quantitative estimate of drug-likeness (QED) is 0.853. The van der Waals surface area contributed by atoms with Crippen LogP contribution >= 0.6 is 0 Å². The highest BCUT2D eigenvalue weighted by molar-refractivity contribution is 5.69. The van der Waals surface area contributed by atoms with Crippen molar-refractivity contribution in [2.24, 2.45) is 4.99 Å². The van der Waals surface area contributed by atoms with Crippen molar-refractivity contribution in [3.8, 4) is 0 Å². The van der Waals surface area contributed by atoms with Gasteiger partial charge in [0.05, 0.1) is 12.9 Å². The van der Waals surface area contributed by atoms with Crippen LogP contribution in [0.1, 0.15) is 40.0 Å². The zero-order valence-corrected chi connectivity index (χ0v) is 15.6. The second-order valence-electron chi connectivity index (χ2n) is 7.90. The van der Waals surface area contributed by atoms with Gasteiger partial charge in [0.1, 0.15) is 5.60 Å². The molecule has 1 amide bonds. The third-order valence-corrected chi connectivity index (χ3v) is 4.74. The first-order valence-corrected chi connectivity index (χ1v) is 9.29. The number of carbonyl (C=O) groups excluding carboxylic acids is 1. The molecule has 0 aromatic heterocycles. The van der Waals surface area contributed by atoms with Crippen molar-refractivity contribution < 1.29 is 9.53 Å². The first-order chi connectivity index (χ1) is 11.9. The third-order valence-electron chi connectivity index (χ3n) is 4.74. The Hall–Kier alpha value is -1.82. The average Bonchev–Trinajstić information content (AvgIpc) is 2.58. The van der Waals surface area contributed by atoms with Crippen LogP contribution in [-0.2, 0) is 4.74 Å². The minimum atomic E-state index is -0.460. The second-order valence-corrected chi connectivity index (χ2v) is 7.90. The molecule has 3 aliphatic rings. The molecule has 0 aromatic rings. The van der Waals surface area contributed by atoms with E-state index < -0.39 is 5.60 Å². The Morgan fingerprint density at radius 2 is 2.28 bits per heavy atom. The van der Waals surface area contributed by atoms with E-state index in [9.17, 15) is 4.79 Å². The average molecular weight is 346 g/mol. The van der Waals surface area contributed by atoms with E-state index in [1.807, 2.05) is 32.0 Å². The van der Waals surface area contributed by atoms with Crippen LogP contribution in [0.3, 0.4) is 0 Å². The summed E-state index contributed by atoms with van der Waals surface area (Å²) in [6.45, 7) is 9.75. The molecule has 0 bridgehead atoms. The number of allylic oxidation sites excluding steroid dienone is 2. The molecule has 6 heteroatoms. The van der Waals surface area contributed by atoms with E-state index >= 15 is 0 Å². The van der Waals surface area contributed by atoms with Crippen molar-refractivity contribution in [2.75, 3.05) is 32.7 Å². The Morgan fingerprint density at radius 3 is 3.08 bits per heavy atom. The van der Waals surface area contributed by atoms with Gasteiger partial charge in [-0.15, -0.1) is 0 Å². The molecule has 1 atom stereocenters. The van der Waals surface area contributed by atoms with E-state index in [1.165, 1.54) is 11.3 Å². The Labute approximate surface area is 150 Å². The number of carbonyl (C=O) groups is 1. The van der Waals surface area contributed by atoms with Crippen LogP contribution in [0.4, 0.5) is 4.79 Å². The topological polar surface area (TPSA) is 57.2 Å². The third kappa shape index (κ3) is 4.63. The molecular weight excluding hydrogens is 316 g/mol. The maximum atomic E-state index is 12.5. The molecule has 1 N–H and O–H groups in total. The lowest BCUT2D eigenvalue weighted by Gasteiger charge is -2.38. The van der Waals surface area contributed by atoms with Crippen molar-refractivity contribution in [1.82, 2.24) is 15.1 Å². The van der Waals surface area contributed by atoms with Crippen LogP contribution < -0.4 is 5.32 Å². The summed E-state index contributed by atoms with van der Waals surface area (Å²) in [7, 11) is 0. The van der Waals surface area contributed by atoms with Crippen molar-refractivity contribution in [3.63, 3.8) is 0 Å². The molecule has 1 aliphatic carbocycles. The highest BCUT2D eigenvalue weighted by atomic mass is 16.6. The van der Waals surface area contributed by atoms with E-state index in [-0.39, 0.29) is 12.1 Å². The molecule has 0 aromatic carbocycles. The molecule has 0 unspecified atom stereocenters. The second kappa shape index (κ2) is 7.60. The van der Waals surface area contributed by atoms with Crippen molar-refractivity contribution in [1.29, 1.82) is 0 Å². The number of amides is 1. The van der Waals surface area contributed by atoms with Crippen LogP contribution in [0.15, 0.2) is 28.4 Å². The van der Waals surface area contributed by atoms with Gasteiger partial charge in [0.15, 0.2) is 0 Å². The molecule has 1 saturated heterocycles. The van der Waals surface area contributed by atoms with E-state index in [2.05, 4.69) is 27.4 Å². The van der Waals surface area contributed by atoms with Gasteiger partial charge in [-0.3, -0.25) is 4.99 Å². The summed E-state index contributed by atoms with van der Waals surface area (Å²) < 4.78 is 5.58. The zero-order chi connectivity index (χ0) is 17.9. The molecule has 6 nitrogen and oxygen atoms in total. The Bertz CT molecular complexity index is 589. The van der Waals surface area contributed by atoms with Gasteiger partial charge in [-0.2, -0.15) is 0 Å². The normalized spacial score (nSPS) is 23.7. The summed E-state index contributed by atoms with van der Waals surface area (Å²) in [5, 5.41) is 3.40. The number of ether oxygens (including phenoxy) is 1. The van der Waals surface area contributed by atoms with Gasteiger partial charge < -0.3 is 19.9 Å². The van der Waals surface area contributed by atoms with Gasteiger partial charge in [-0.05, 0) is 51.7 Å². The summed E-state index contributed by atoms with van der Waals surface area (Å²) in [4.78, 5) is 21.1. The van der Waals surface area contributed by atoms with E-state index in [1.54, 1.807) is 0 Å². The van der Waals surface area contributed by atoms with Crippen molar-refractivity contribution >= 4 is 12.4 Å². The number of hydrogen-bond acceptors (Lipinski definition) is 5. The van der Waals surface area contributed by atoms with Crippen molar-refractivity contribution in [3.05, 3.63) is 23.4 Å². The largest absolute Gasteiger partial charge is 0.444 e.